The van der Waals surface area contributed by atoms with Gasteiger partial charge in [0.25, 0.3) is 5.91 Å². The van der Waals surface area contributed by atoms with Crippen LogP contribution >= 0.6 is 11.3 Å². The summed E-state index contributed by atoms with van der Waals surface area (Å²) in [5, 5.41) is 3.07. The first kappa shape index (κ1) is 17.2. The van der Waals surface area contributed by atoms with E-state index in [0.29, 0.717) is 6.54 Å². The third-order valence-corrected chi connectivity index (χ3v) is 4.33. The number of thiophene rings is 1. The zero-order valence-corrected chi connectivity index (χ0v) is 14.5. The van der Waals surface area contributed by atoms with Gasteiger partial charge in [-0.3, -0.25) is 4.79 Å². The van der Waals surface area contributed by atoms with Crippen molar-refractivity contribution in [2.24, 2.45) is 5.41 Å². The molecule has 0 aliphatic rings. The summed E-state index contributed by atoms with van der Waals surface area (Å²) in [4.78, 5) is 16.5. The van der Waals surface area contributed by atoms with E-state index in [4.69, 9.17) is 0 Å². The van der Waals surface area contributed by atoms with Crippen molar-refractivity contribution in [2.45, 2.75) is 40.5 Å². The average molecular weight is 296 g/mol. The lowest BCUT2D eigenvalue weighted by molar-refractivity contribution is 0.0933. The van der Waals surface area contributed by atoms with Gasteiger partial charge in [-0.05, 0) is 44.5 Å². The van der Waals surface area contributed by atoms with Crippen molar-refractivity contribution in [3.8, 4) is 0 Å². The summed E-state index contributed by atoms with van der Waals surface area (Å²) in [5.74, 6) is 0.0623. The molecule has 20 heavy (non-hydrogen) atoms. The SMILES string of the molecule is CCCc1cc(C(=O)NCC(C)(C)CN(C)C)sc1C. The van der Waals surface area contributed by atoms with Gasteiger partial charge in [0.1, 0.15) is 0 Å². The molecule has 0 aromatic carbocycles. The number of nitrogens with one attached hydrogen (secondary N) is 1. The van der Waals surface area contributed by atoms with Crippen molar-refractivity contribution < 1.29 is 4.79 Å². The van der Waals surface area contributed by atoms with Crippen LogP contribution in [0.2, 0.25) is 0 Å². The Balaban J connectivity index is 2.61. The second-order valence-corrected chi connectivity index (χ2v) is 7.78. The van der Waals surface area contributed by atoms with Gasteiger partial charge < -0.3 is 10.2 Å². The highest BCUT2D eigenvalue weighted by Crippen LogP contribution is 2.23. The number of carbonyl (C=O) groups excluding carboxylic acids is 1. The molecular formula is C16H28N2OS. The monoisotopic (exact) mass is 296 g/mol. The van der Waals surface area contributed by atoms with E-state index >= 15 is 0 Å². The zero-order valence-electron chi connectivity index (χ0n) is 13.7. The van der Waals surface area contributed by atoms with Crippen molar-refractivity contribution in [1.29, 1.82) is 0 Å². The minimum Gasteiger partial charge on any atom is -0.351 e. The van der Waals surface area contributed by atoms with Crippen LogP contribution in [0.5, 0.6) is 0 Å². The number of amides is 1. The van der Waals surface area contributed by atoms with E-state index in [2.05, 4.69) is 58.1 Å². The molecule has 0 unspecified atom stereocenters. The van der Waals surface area contributed by atoms with E-state index in [1.165, 1.54) is 10.4 Å². The number of nitrogens with zero attached hydrogens (tertiary/aromatic N) is 1. The Morgan fingerprint density at radius 2 is 2.05 bits per heavy atom. The molecule has 3 nitrogen and oxygen atoms in total. The van der Waals surface area contributed by atoms with Gasteiger partial charge in [0.2, 0.25) is 0 Å². The molecule has 0 spiro atoms. The molecule has 1 aromatic heterocycles. The number of rotatable bonds is 7. The summed E-state index contributed by atoms with van der Waals surface area (Å²) >= 11 is 1.60. The molecule has 1 rings (SSSR count). The average Bonchev–Trinajstić information content (AvgIpc) is 2.67. The molecule has 0 saturated heterocycles. The van der Waals surface area contributed by atoms with Crippen LogP contribution in [0.3, 0.4) is 0 Å². The van der Waals surface area contributed by atoms with Gasteiger partial charge in [-0.25, -0.2) is 0 Å². The predicted molar refractivity (Wildman–Crippen MR) is 87.7 cm³/mol. The molecule has 1 N–H and O–H groups in total. The third-order valence-electron chi connectivity index (χ3n) is 3.24. The highest BCUT2D eigenvalue weighted by Gasteiger charge is 2.21. The fraction of sp³-hybridized carbons (Fsp3) is 0.688. The molecular weight excluding hydrogens is 268 g/mol. The molecule has 0 bridgehead atoms. The fourth-order valence-corrected chi connectivity index (χ4v) is 3.46. The first-order chi connectivity index (χ1) is 9.25. The molecule has 4 heteroatoms. The van der Waals surface area contributed by atoms with E-state index in [0.717, 1.165) is 24.3 Å². The Kier molecular flexibility index (Phi) is 6.21. The molecule has 0 aliphatic carbocycles. The van der Waals surface area contributed by atoms with Gasteiger partial charge in [0.05, 0.1) is 4.88 Å². The Bertz CT molecular complexity index is 449. The zero-order chi connectivity index (χ0) is 15.3. The maximum absolute atomic E-state index is 12.2. The smallest absolute Gasteiger partial charge is 0.261 e. The normalized spacial score (nSPS) is 11.9. The van der Waals surface area contributed by atoms with Crippen molar-refractivity contribution in [1.82, 2.24) is 10.2 Å². The number of hydrogen-bond acceptors (Lipinski definition) is 3. The van der Waals surface area contributed by atoms with Crippen LogP contribution in [0.1, 0.15) is 47.3 Å². The lowest BCUT2D eigenvalue weighted by atomic mass is 9.93. The lowest BCUT2D eigenvalue weighted by Crippen LogP contribution is -2.39. The van der Waals surface area contributed by atoms with Gasteiger partial charge in [-0.15, -0.1) is 11.3 Å². The van der Waals surface area contributed by atoms with Gasteiger partial charge in [-0.2, -0.15) is 0 Å². The van der Waals surface area contributed by atoms with E-state index < -0.39 is 0 Å². The quantitative estimate of drug-likeness (QED) is 0.837. The fourth-order valence-electron chi connectivity index (χ4n) is 2.47. The molecule has 1 heterocycles. The Morgan fingerprint density at radius 1 is 1.40 bits per heavy atom. The standard InChI is InChI=1S/C16H28N2OS/c1-7-8-13-9-14(20-12(13)2)15(19)17-10-16(3,4)11-18(5)6/h9H,7-8,10-11H2,1-6H3,(H,17,19). The molecule has 0 aliphatic heterocycles. The maximum Gasteiger partial charge on any atom is 0.261 e. The first-order valence-electron chi connectivity index (χ1n) is 7.27. The predicted octanol–water partition coefficient (Wildman–Crippen LogP) is 3.33. The molecule has 0 saturated carbocycles. The molecule has 1 aromatic rings. The van der Waals surface area contributed by atoms with Crippen LogP contribution in [0.25, 0.3) is 0 Å². The summed E-state index contributed by atoms with van der Waals surface area (Å²) in [6.07, 6.45) is 2.18. The van der Waals surface area contributed by atoms with Gasteiger partial charge in [-0.1, -0.05) is 27.2 Å². The maximum atomic E-state index is 12.2. The summed E-state index contributed by atoms with van der Waals surface area (Å²) in [6.45, 7) is 10.3. The molecule has 0 atom stereocenters. The highest BCUT2D eigenvalue weighted by atomic mass is 32.1. The summed E-state index contributed by atoms with van der Waals surface area (Å²) < 4.78 is 0. The van der Waals surface area contributed by atoms with Gasteiger partial charge in [0.15, 0.2) is 0 Å². The van der Waals surface area contributed by atoms with E-state index in [-0.39, 0.29) is 11.3 Å². The lowest BCUT2D eigenvalue weighted by Gasteiger charge is -2.28. The van der Waals surface area contributed by atoms with E-state index in [1.807, 2.05) is 0 Å². The van der Waals surface area contributed by atoms with Crippen LogP contribution in [0.15, 0.2) is 6.07 Å². The number of carbonyl (C=O) groups is 1. The van der Waals surface area contributed by atoms with Crippen LogP contribution in [0.4, 0.5) is 0 Å². The van der Waals surface area contributed by atoms with Crippen LogP contribution < -0.4 is 5.32 Å². The molecule has 1 amide bonds. The molecule has 114 valence electrons. The second-order valence-electron chi connectivity index (χ2n) is 6.53. The first-order valence-corrected chi connectivity index (χ1v) is 8.09. The van der Waals surface area contributed by atoms with Gasteiger partial charge >= 0.3 is 0 Å². The molecule has 0 radical (unpaired) electrons. The van der Waals surface area contributed by atoms with Gasteiger partial charge in [0, 0.05) is 18.0 Å². The largest absolute Gasteiger partial charge is 0.351 e. The van der Waals surface area contributed by atoms with Crippen molar-refractivity contribution >= 4 is 17.2 Å². The van der Waals surface area contributed by atoms with Crippen molar-refractivity contribution in [3.05, 3.63) is 21.4 Å². The number of hydrogen-bond donors (Lipinski definition) is 1. The molecule has 0 fully saturated rings. The Labute approximate surface area is 127 Å². The summed E-state index contributed by atoms with van der Waals surface area (Å²) in [6, 6.07) is 2.05. The second kappa shape index (κ2) is 7.23. The third kappa shape index (κ3) is 5.25. The van der Waals surface area contributed by atoms with Crippen molar-refractivity contribution in [3.63, 3.8) is 0 Å². The summed E-state index contributed by atoms with van der Waals surface area (Å²) in [5.41, 5.74) is 1.40. The minimum atomic E-state index is 0.0623. The minimum absolute atomic E-state index is 0.0623. The Hall–Kier alpha value is -0.870. The Morgan fingerprint density at radius 3 is 2.60 bits per heavy atom. The topological polar surface area (TPSA) is 32.3 Å². The van der Waals surface area contributed by atoms with Crippen LogP contribution in [0, 0.1) is 12.3 Å². The van der Waals surface area contributed by atoms with Crippen LogP contribution in [-0.2, 0) is 6.42 Å². The number of aryl methyl sites for hydroxylation is 2. The summed E-state index contributed by atoms with van der Waals surface area (Å²) in [7, 11) is 4.12. The van der Waals surface area contributed by atoms with E-state index in [9.17, 15) is 4.79 Å². The van der Waals surface area contributed by atoms with E-state index in [1.54, 1.807) is 11.3 Å². The highest BCUT2D eigenvalue weighted by molar-refractivity contribution is 7.14. The van der Waals surface area contributed by atoms with Crippen molar-refractivity contribution in [2.75, 3.05) is 27.2 Å². The van der Waals surface area contributed by atoms with Crippen LogP contribution in [-0.4, -0.2) is 38.0 Å².